The van der Waals surface area contributed by atoms with E-state index in [4.69, 9.17) is 9.47 Å². The van der Waals surface area contributed by atoms with Gasteiger partial charge in [0.15, 0.2) is 0 Å². The van der Waals surface area contributed by atoms with Crippen molar-refractivity contribution in [3.8, 4) is 5.75 Å². The molecule has 0 fully saturated rings. The maximum atomic E-state index is 11.9. The van der Waals surface area contributed by atoms with Crippen LogP contribution in [0, 0.1) is 0 Å². The molecule has 2 aromatic carbocycles. The molecule has 5 heteroatoms. The van der Waals surface area contributed by atoms with E-state index in [-0.39, 0.29) is 6.03 Å². The smallest absolute Gasteiger partial charge is 0.319 e. The number of hydrogen-bond acceptors (Lipinski definition) is 3. The normalized spacial score (nSPS) is 10.2. The van der Waals surface area contributed by atoms with Crippen molar-refractivity contribution in [2.45, 2.75) is 20.1 Å². The van der Waals surface area contributed by atoms with E-state index in [0.29, 0.717) is 19.8 Å². The van der Waals surface area contributed by atoms with Gasteiger partial charge in [-0.2, -0.15) is 0 Å². The van der Waals surface area contributed by atoms with Crippen molar-refractivity contribution in [3.63, 3.8) is 0 Å². The summed E-state index contributed by atoms with van der Waals surface area (Å²) < 4.78 is 10.5. The van der Waals surface area contributed by atoms with Crippen molar-refractivity contribution in [2.24, 2.45) is 0 Å². The van der Waals surface area contributed by atoms with Crippen LogP contribution in [0.4, 0.5) is 10.5 Å². The number of amides is 2. The van der Waals surface area contributed by atoms with Gasteiger partial charge in [-0.25, -0.2) is 4.79 Å². The number of anilines is 1. The minimum absolute atomic E-state index is 0.244. The average molecular weight is 314 g/mol. The van der Waals surface area contributed by atoms with E-state index in [0.717, 1.165) is 22.6 Å². The standard InChI is InChI=1S/C18H22N2O3/c1-3-23-17-9-7-16(8-10-17)20-18(21)19-12-14-5-4-6-15(11-14)13-22-2/h4-11H,3,12-13H2,1-2H3,(H2,19,20,21). The Morgan fingerprint density at radius 2 is 1.83 bits per heavy atom. The van der Waals surface area contributed by atoms with Gasteiger partial charge in [0.25, 0.3) is 0 Å². The molecule has 0 heterocycles. The Balaban J connectivity index is 1.83. The first kappa shape index (κ1) is 16.8. The monoisotopic (exact) mass is 314 g/mol. The zero-order chi connectivity index (χ0) is 16.5. The fraction of sp³-hybridized carbons (Fsp3) is 0.278. The molecule has 5 nitrogen and oxygen atoms in total. The second-order valence-electron chi connectivity index (χ2n) is 5.02. The van der Waals surface area contributed by atoms with Crippen LogP contribution in [-0.4, -0.2) is 19.7 Å². The number of methoxy groups -OCH3 is 1. The fourth-order valence-corrected chi connectivity index (χ4v) is 2.15. The van der Waals surface area contributed by atoms with Crippen LogP contribution in [0.2, 0.25) is 0 Å². The molecular formula is C18H22N2O3. The van der Waals surface area contributed by atoms with Crippen molar-refractivity contribution in [1.82, 2.24) is 5.32 Å². The van der Waals surface area contributed by atoms with Gasteiger partial charge in [-0.3, -0.25) is 0 Å². The van der Waals surface area contributed by atoms with Gasteiger partial charge in [0, 0.05) is 19.3 Å². The minimum Gasteiger partial charge on any atom is -0.494 e. The summed E-state index contributed by atoms with van der Waals surface area (Å²) in [5.41, 5.74) is 2.83. The second kappa shape index (κ2) is 8.80. The molecular weight excluding hydrogens is 292 g/mol. The largest absolute Gasteiger partial charge is 0.494 e. The molecule has 0 saturated carbocycles. The molecule has 23 heavy (non-hydrogen) atoms. The molecule has 2 N–H and O–H groups in total. The number of benzene rings is 2. The van der Waals surface area contributed by atoms with Crippen LogP contribution in [0.3, 0.4) is 0 Å². The third kappa shape index (κ3) is 5.64. The third-order valence-electron chi connectivity index (χ3n) is 3.18. The molecule has 2 rings (SSSR count). The molecule has 2 amide bonds. The van der Waals surface area contributed by atoms with E-state index in [1.807, 2.05) is 55.5 Å². The summed E-state index contributed by atoms with van der Waals surface area (Å²) in [6, 6.07) is 15.0. The zero-order valence-corrected chi connectivity index (χ0v) is 13.5. The number of carbonyl (C=O) groups excluding carboxylic acids is 1. The lowest BCUT2D eigenvalue weighted by Gasteiger charge is -2.09. The molecule has 0 aliphatic carbocycles. The third-order valence-corrected chi connectivity index (χ3v) is 3.18. The van der Waals surface area contributed by atoms with Crippen molar-refractivity contribution < 1.29 is 14.3 Å². The van der Waals surface area contributed by atoms with E-state index >= 15 is 0 Å². The Morgan fingerprint density at radius 3 is 2.52 bits per heavy atom. The second-order valence-corrected chi connectivity index (χ2v) is 5.02. The first-order chi connectivity index (χ1) is 11.2. The van der Waals surface area contributed by atoms with Gasteiger partial charge in [0.1, 0.15) is 5.75 Å². The summed E-state index contributed by atoms with van der Waals surface area (Å²) in [7, 11) is 1.66. The van der Waals surface area contributed by atoms with E-state index in [1.165, 1.54) is 0 Å². The highest BCUT2D eigenvalue weighted by molar-refractivity contribution is 5.89. The predicted molar refractivity (Wildman–Crippen MR) is 90.6 cm³/mol. The topological polar surface area (TPSA) is 59.6 Å². The highest BCUT2D eigenvalue weighted by atomic mass is 16.5. The van der Waals surface area contributed by atoms with Crippen LogP contribution in [-0.2, 0) is 17.9 Å². The highest BCUT2D eigenvalue weighted by Gasteiger charge is 2.03. The summed E-state index contributed by atoms with van der Waals surface area (Å²) in [5.74, 6) is 0.786. The van der Waals surface area contributed by atoms with E-state index in [9.17, 15) is 4.79 Å². The average Bonchev–Trinajstić information content (AvgIpc) is 2.56. The molecule has 0 aliphatic heterocycles. The number of nitrogens with one attached hydrogen (secondary N) is 2. The van der Waals surface area contributed by atoms with Crippen LogP contribution < -0.4 is 15.4 Å². The molecule has 2 aromatic rings. The molecule has 0 aromatic heterocycles. The molecule has 0 aliphatic rings. The lowest BCUT2D eigenvalue weighted by molar-refractivity contribution is 0.185. The Kier molecular flexibility index (Phi) is 6.44. The SMILES string of the molecule is CCOc1ccc(NC(=O)NCc2cccc(COC)c2)cc1. The molecule has 0 saturated heterocycles. The quantitative estimate of drug-likeness (QED) is 0.821. The summed E-state index contributed by atoms with van der Waals surface area (Å²) >= 11 is 0. The summed E-state index contributed by atoms with van der Waals surface area (Å²) in [6.45, 7) is 3.57. The maximum absolute atomic E-state index is 11.9. The van der Waals surface area contributed by atoms with Gasteiger partial charge in [-0.15, -0.1) is 0 Å². The van der Waals surface area contributed by atoms with Crippen LogP contribution in [0.15, 0.2) is 48.5 Å². The fourth-order valence-electron chi connectivity index (χ4n) is 2.15. The van der Waals surface area contributed by atoms with Gasteiger partial charge in [0.05, 0.1) is 13.2 Å². The van der Waals surface area contributed by atoms with Crippen molar-refractivity contribution >= 4 is 11.7 Å². The Labute approximate surface area is 136 Å². The molecule has 0 radical (unpaired) electrons. The van der Waals surface area contributed by atoms with Crippen LogP contribution in [0.1, 0.15) is 18.1 Å². The predicted octanol–water partition coefficient (Wildman–Crippen LogP) is 3.55. The number of hydrogen-bond donors (Lipinski definition) is 2. The molecule has 122 valence electrons. The van der Waals surface area contributed by atoms with Gasteiger partial charge in [0.2, 0.25) is 0 Å². The van der Waals surface area contributed by atoms with Crippen molar-refractivity contribution in [2.75, 3.05) is 19.0 Å². The van der Waals surface area contributed by atoms with Crippen LogP contribution in [0.25, 0.3) is 0 Å². The zero-order valence-electron chi connectivity index (χ0n) is 13.5. The summed E-state index contributed by atoms with van der Waals surface area (Å²) in [6.07, 6.45) is 0. The highest BCUT2D eigenvalue weighted by Crippen LogP contribution is 2.15. The molecule has 0 spiro atoms. The number of ether oxygens (including phenoxy) is 2. The van der Waals surface area contributed by atoms with Crippen molar-refractivity contribution in [1.29, 1.82) is 0 Å². The van der Waals surface area contributed by atoms with E-state index in [1.54, 1.807) is 7.11 Å². The molecule has 0 atom stereocenters. The van der Waals surface area contributed by atoms with Gasteiger partial charge in [-0.05, 0) is 42.3 Å². The van der Waals surface area contributed by atoms with E-state index < -0.39 is 0 Å². The first-order valence-electron chi connectivity index (χ1n) is 7.55. The first-order valence-corrected chi connectivity index (χ1v) is 7.55. The van der Waals surface area contributed by atoms with Crippen LogP contribution >= 0.6 is 0 Å². The number of urea groups is 1. The summed E-state index contributed by atoms with van der Waals surface area (Å²) in [4.78, 5) is 11.9. The van der Waals surface area contributed by atoms with Gasteiger partial charge in [-0.1, -0.05) is 24.3 Å². The number of rotatable bonds is 7. The van der Waals surface area contributed by atoms with E-state index in [2.05, 4.69) is 10.6 Å². The van der Waals surface area contributed by atoms with Crippen LogP contribution in [0.5, 0.6) is 5.75 Å². The lowest BCUT2D eigenvalue weighted by Crippen LogP contribution is -2.28. The van der Waals surface area contributed by atoms with Gasteiger partial charge >= 0.3 is 6.03 Å². The molecule has 0 unspecified atom stereocenters. The Hall–Kier alpha value is -2.53. The lowest BCUT2D eigenvalue weighted by atomic mass is 10.1. The minimum atomic E-state index is -0.244. The Bertz CT molecular complexity index is 626. The molecule has 0 bridgehead atoms. The Morgan fingerprint density at radius 1 is 1.09 bits per heavy atom. The number of carbonyl (C=O) groups is 1. The van der Waals surface area contributed by atoms with Gasteiger partial charge < -0.3 is 20.1 Å². The maximum Gasteiger partial charge on any atom is 0.319 e. The van der Waals surface area contributed by atoms with Crippen molar-refractivity contribution in [3.05, 3.63) is 59.7 Å². The summed E-state index contributed by atoms with van der Waals surface area (Å²) in [5, 5.41) is 5.63.